The predicted octanol–water partition coefficient (Wildman–Crippen LogP) is 5.09. The van der Waals surface area contributed by atoms with E-state index in [0.717, 1.165) is 18.1 Å². The van der Waals surface area contributed by atoms with Gasteiger partial charge in [0.2, 0.25) is 5.91 Å². The van der Waals surface area contributed by atoms with Gasteiger partial charge in [0, 0.05) is 16.8 Å². The monoisotopic (exact) mass is 425 g/mol. The second-order valence-electron chi connectivity index (χ2n) is 7.25. The van der Waals surface area contributed by atoms with E-state index in [1.54, 1.807) is 43.2 Å². The number of rotatable bonds is 6. The number of aliphatic carboxylic acids is 1. The van der Waals surface area contributed by atoms with Crippen LogP contribution in [-0.4, -0.2) is 44.5 Å². The maximum Gasteiger partial charge on any atom is 0.327 e. The summed E-state index contributed by atoms with van der Waals surface area (Å²) in [6.07, 6.45) is 6.06. The van der Waals surface area contributed by atoms with E-state index >= 15 is 0 Å². The van der Waals surface area contributed by atoms with Crippen molar-refractivity contribution >= 4 is 55.1 Å². The summed E-state index contributed by atoms with van der Waals surface area (Å²) in [5.41, 5.74) is 0. The zero-order chi connectivity index (χ0) is 18.9. The minimum Gasteiger partial charge on any atom is -0.480 e. The SMILES string of the molecule is CC(C)CCCC[C@H]1CCSSC(C)(C)C(=O)N[C@@H](C(=O)O)CSS1. The smallest absolute Gasteiger partial charge is 0.327 e. The van der Waals surface area contributed by atoms with Crippen molar-refractivity contribution in [2.24, 2.45) is 5.92 Å². The molecule has 1 amide bonds. The van der Waals surface area contributed by atoms with Crippen LogP contribution < -0.4 is 5.32 Å². The van der Waals surface area contributed by atoms with Gasteiger partial charge in [-0.25, -0.2) is 4.79 Å². The Kier molecular flexibility index (Phi) is 11.2. The summed E-state index contributed by atoms with van der Waals surface area (Å²) < 4.78 is -0.623. The van der Waals surface area contributed by atoms with E-state index in [0.29, 0.717) is 11.0 Å². The van der Waals surface area contributed by atoms with Gasteiger partial charge in [-0.2, -0.15) is 0 Å². The molecule has 0 aromatic rings. The van der Waals surface area contributed by atoms with E-state index < -0.39 is 16.8 Å². The molecule has 1 fully saturated rings. The van der Waals surface area contributed by atoms with E-state index in [-0.39, 0.29) is 5.91 Å². The van der Waals surface area contributed by atoms with Crippen LogP contribution in [0.2, 0.25) is 0 Å². The number of hydrogen-bond donors (Lipinski definition) is 2. The molecule has 1 rings (SSSR count). The maximum absolute atomic E-state index is 12.3. The maximum atomic E-state index is 12.3. The van der Waals surface area contributed by atoms with Crippen molar-refractivity contribution in [2.45, 2.75) is 75.8 Å². The predicted molar refractivity (Wildman–Crippen MR) is 115 cm³/mol. The molecule has 0 aromatic heterocycles. The first-order chi connectivity index (χ1) is 11.7. The molecule has 146 valence electrons. The van der Waals surface area contributed by atoms with Crippen molar-refractivity contribution in [1.82, 2.24) is 5.32 Å². The fraction of sp³-hybridized carbons (Fsp3) is 0.882. The van der Waals surface area contributed by atoms with Crippen molar-refractivity contribution in [3.8, 4) is 0 Å². The Morgan fingerprint density at radius 3 is 2.68 bits per heavy atom. The summed E-state index contributed by atoms with van der Waals surface area (Å²) >= 11 is 0. The van der Waals surface area contributed by atoms with E-state index in [9.17, 15) is 14.7 Å². The number of unbranched alkanes of at least 4 members (excludes halogenated alkanes) is 1. The second kappa shape index (κ2) is 11.9. The molecule has 0 radical (unpaired) electrons. The van der Waals surface area contributed by atoms with Crippen LogP contribution in [0.1, 0.15) is 59.8 Å². The van der Waals surface area contributed by atoms with Gasteiger partial charge in [-0.1, -0.05) is 76.3 Å². The van der Waals surface area contributed by atoms with E-state index in [2.05, 4.69) is 19.2 Å². The van der Waals surface area contributed by atoms with Gasteiger partial charge in [-0.15, -0.1) is 0 Å². The molecule has 2 N–H and O–H groups in total. The number of carboxylic acids is 1. The molecular weight excluding hydrogens is 394 g/mol. The molecule has 0 spiro atoms. The van der Waals surface area contributed by atoms with Crippen LogP contribution in [0.25, 0.3) is 0 Å². The Bertz CT molecular complexity index is 432. The molecule has 1 heterocycles. The largest absolute Gasteiger partial charge is 0.480 e. The van der Waals surface area contributed by atoms with Crippen LogP contribution in [0.15, 0.2) is 0 Å². The van der Waals surface area contributed by atoms with Crippen molar-refractivity contribution in [2.75, 3.05) is 11.5 Å². The third kappa shape index (κ3) is 9.73. The Hall–Kier alpha value is 0.340. The summed E-state index contributed by atoms with van der Waals surface area (Å²) in [6.45, 7) is 8.24. The third-order valence-electron chi connectivity index (χ3n) is 3.94. The number of nitrogens with one attached hydrogen (secondary N) is 1. The minimum atomic E-state index is -0.958. The zero-order valence-electron chi connectivity index (χ0n) is 15.6. The highest BCUT2D eigenvalue weighted by Gasteiger charge is 2.33. The topological polar surface area (TPSA) is 66.4 Å². The highest BCUT2D eigenvalue weighted by Crippen LogP contribution is 2.40. The first kappa shape index (κ1) is 23.4. The highest BCUT2D eigenvalue weighted by atomic mass is 33.1. The molecule has 1 aliphatic rings. The normalized spacial score (nSPS) is 25.7. The lowest BCUT2D eigenvalue weighted by molar-refractivity contribution is -0.141. The number of carbonyl (C=O) groups excluding carboxylic acids is 1. The Morgan fingerprint density at radius 2 is 2.04 bits per heavy atom. The van der Waals surface area contributed by atoms with Crippen LogP contribution >= 0.6 is 43.2 Å². The summed E-state index contributed by atoms with van der Waals surface area (Å²) in [4.78, 5) is 23.8. The molecule has 25 heavy (non-hydrogen) atoms. The quantitative estimate of drug-likeness (QED) is 0.454. The second-order valence-corrected chi connectivity index (χ2v) is 13.0. The summed E-state index contributed by atoms with van der Waals surface area (Å²) in [5.74, 6) is 1.02. The Balaban J connectivity index is 2.60. The lowest BCUT2D eigenvalue weighted by atomic mass is 10.0. The molecule has 0 aromatic carbocycles. The van der Waals surface area contributed by atoms with Crippen LogP contribution in [-0.2, 0) is 9.59 Å². The number of amides is 1. The molecule has 0 bridgehead atoms. The number of carboxylic acid groups (broad SMARTS) is 1. The Labute approximate surface area is 168 Å². The fourth-order valence-corrected chi connectivity index (χ4v) is 7.88. The first-order valence-electron chi connectivity index (χ1n) is 8.85. The molecule has 0 unspecified atom stereocenters. The van der Waals surface area contributed by atoms with Crippen molar-refractivity contribution < 1.29 is 14.7 Å². The standard InChI is InChI=1S/C17H31NO3S4/c1-12(2)7-5-6-8-13-9-10-22-25-17(3,4)16(21)18-14(15(19)20)11-23-24-13/h12-14H,5-11H2,1-4H3,(H,18,21)(H,19,20)/t13-,14+/m0/s1. The van der Waals surface area contributed by atoms with Crippen LogP contribution in [0.3, 0.4) is 0 Å². The van der Waals surface area contributed by atoms with Crippen LogP contribution in [0.4, 0.5) is 0 Å². The summed E-state index contributed by atoms with van der Waals surface area (Å²) in [5, 5.41) is 12.6. The fourth-order valence-electron chi connectivity index (χ4n) is 2.28. The number of hydrogen-bond acceptors (Lipinski definition) is 6. The summed E-state index contributed by atoms with van der Waals surface area (Å²) in [7, 11) is 6.65. The minimum absolute atomic E-state index is 0.200. The van der Waals surface area contributed by atoms with Gasteiger partial charge in [-0.05, 0) is 32.6 Å². The lowest BCUT2D eigenvalue weighted by Gasteiger charge is -2.26. The highest BCUT2D eigenvalue weighted by molar-refractivity contribution is 8.77. The van der Waals surface area contributed by atoms with Gasteiger partial charge in [0.15, 0.2) is 0 Å². The molecule has 1 aliphatic heterocycles. The van der Waals surface area contributed by atoms with Crippen molar-refractivity contribution in [3.05, 3.63) is 0 Å². The molecule has 0 aliphatic carbocycles. The van der Waals surface area contributed by atoms with Gasteiger partial charge < -0.3 is 10.4 Å². The average molecular weight is 426 g/mol. The molecule has 8 heteroatoms. The molecule has 2 atom stereocenters. The van der Waals surface area contributed by atoms with E-state index in [4.69, 9.17) is 0 Å². The third-order valence-corrected chi connectivity index (χ3v) is 10.1. The molecule has 0 saturated carbocycles. The van der Waals surface area contributed by atoms with E-state index in [1.807, 2.05) is 13.8 Å². The van der Waals surface area contributed by atoms with Crippen molar-refractivity contribution in [3.63, 3.8) is 0 Å². The van der Waals surface area contributed by atoms with E-state index in [1.165, 1.54) is 25.7 Å². The van der Waals surface area contributed by atoms with Crippen molar-refractivity contribution in [1.29, 1.82) is 0 Å². The van der Waals surface area contributed by atoms with Gasteiger partial charge in [-0.3, -0.25) is 4.79 Å². The molecular formula is C17H31NO3S4. The van der Waals surface area contributed by atoms with Crippen LogP contribution in [0.5, 0.6) is 0 Å². The van der Waals surface area contributed by atoms with Gasteiger partial charge in [0.25, 0.3) is 0 Å². The van der Waals surface area contributed by atoms with Gasteiger partial charge in [0.1, 0.15) is 6.04 Å². The van der Waals surface area contributed by atoms with Gasteiger partial charge in [0.05, 0.1) is 4.75 Å². The lowest BCUT2D eigenvalue weighted by Crippen LogP contribution is -2.49. The average Bonchev–Trinajstić information content (AvgIpc) is 2.52. The molecule has 1 saturated heterocycles. The summed E-state index contributed by atoms with van der Waals surface area (Å²) in [6, 6.07) is -0.823. The first-order valence-corrected chi connectivity index (χ1v) is 13.5. The van der Waals surface area contributed by atoms with Gasteiger partial charge >= 0.3 is 5.97 Å². The number of carbonyl (C=O) groups is 2. The van der Waals surface area contributed by atoms with Crippen LogP contribution in [0, 0.1) is 5.92 Å². The molecule has 4 nitrogen and oxygen atoms in total. The Morgan fingerprint density at radius 1 is 1.32 bits per heavy atom. The zero-order valence-corrected chi connectivity index (χ0v) is 18.8.